The summed E-state index contributed by atoms with van der Waals surface area (Å²) >= 11 is 0. The van der Waals surface area contributed by atoms with Crippen molar-refractivity contribution in [3.63, 3.8) is 0 Å². The van der Waals surface area contributed by atoms with Crippen molar-refractivity contribution in [1.82, 2.24) is 4.57 Å². The largest absolute Gasteiger partial charge is 0.312 e. The van der Waals surface area contributed by atoms with Gasteiger partial charge in [-0.3, -0.25) is 9.18 Å². The van der Waals surface area contributed by atoms with Crippen LogP contribution in [0.3, 0.4) is 0 Å². The van der Waals surface area contributed by atoms with Gasteiger partial charge in [0, 0.05) is 12.2 Å². The van der Waals surface area contributed by atoms with Crippen LogP contribution in [0.4, 0.5) is 4.39 Å². The van der Waals surface area contributed by atoms with Crippen molar-refractivity contribution in [2.45, 2.75) is 19.9 Å². The van der Waals surface area contributed by atoms with Crippen LogP contribution in [0.15, 0.2) is 16.9 Å². The SMILES string of the molecule is Cc1ccc(C#N)c(=O)n1CCCF. The number of nitriles is 1. The summed E-state index contributed by atoms with van der Waals surface area (Å²) in [4.78, 5) is 11.5. The van der Waals surface area contributed by atoms with E-state index in [9.17, 15) is 9.18 Å². The first-order valence-corrected chi connectivity index (χ1v) is 4.37. The van der Waals surface area contributed by atoms with Crippen molar-refractivity contribution in [2.75, 3.05) is 6.67 Å². The van der Waals surface area contributed by atoms with Gasteiger partial charge < -0.3 is 4.57 Å². The van der Waals surface area contributed by atoms with Crippen LogP contribution in [0.1, 0.15) is 17.7 Å². The second-order valence-corrected chi connectivity index (χ2v) is 3.00. The molecule has 0 amide bonds. The van der Waals surface area contributed by atoms with Crippen molar-refractivity contribution < 1.29 is 4.39 Å². The van der Waals surface area contributed by atoms with E-state index in [4.69, 9.17) is 5.26 Å². The summed E-state index contributed by atoms with van der Waals surface area (Å²) in [6.07, 6.45) is 0.301. The lowest BCUT2D eigenvalue weighted by Crippen LogP contribution is -2.24. The lowest BCUT2D eigenvalue weighted by molar-refractivity contribution is 0.441. The molecule has 4 heteroatoms. The molecule has 0 saturated carbocycles. The number of hydrogen-bond acceptors (Lipinski definition) is 2. The van der Waals surface area contributed by atoms with Gasteiger partial charge in [-0.1, -0.05) is 0 Å². The van der Waals surface area contributed by atoms with Gasteiger partial charge in [0.15, 0.2) is 0 Å². The van der Waals surface area contributed by atoms with Crippen LogP contribution in [0.5, 0.6) is 0 Å². The van der Waals surface area contributed by atoms with Gasteiger partial charge in [0.25, 0.3) is 5.56 Å². The molecule has 14 heavy (non-hydrogen) atoms. The van der Waals surface area contributed by atoms with Crippen molar-refractivity contribution >= 4 is 0 Å². The van der Waals surface area contributed by atoms with Gasteiger partial charge in [0.1, 0.15) is 11.6 Å². The Labute approximate surface area is 81.4 Å². The zero-order chi connectivity index (χ0) is 10.6. The molecule has 0 aromatic carbocycles. The van der Waals surface area contributed by atoms with Crippen LogP contribution in [0, 0.1) is 18.3 Å². The smallest absolute Gasteiger partial charge is 0.268 e. The molecule has 1 aromatic rings. The molecule has 0 aliphatic heterocycles. The predicted molar refractivity (Wildman–Crippen MR) is 50.7 cm³/mol. The topological polar surface area (TPSA) is 45.8 Å². The number of aryl methyl sites for hydroxylation is 1. The molecule has 0 spiro atoms. The second kappa shape index (κ2) is 4.56. The normalized spacial score (nSPS) is 9.79. The molecule has 0 saturated heterocycles. The lowest BCUT2D eigenvalue weighted by Gasteiger charge is -2.08. The fourth-order valence-corrected chi connectivity index (χ4v) is 1.25. The predicted octanol–water partition coefficient (Wildman–Crippen LogP) is 1.39. The highest BCUT2D eigenvalue weighted by atomic mass is 19.1. The molecule has 0 radical (unpaired) electrons. The first kappa shape index (κ1) is 10.5. The number of halogens is 1. The molecular weight excluding hydrogens is 183 g/mol. The van der Waals surface area contributed by atoms with Crippen LogP contribution >= 0.6 is 0 Å². The number of rotatable bonds is 3. The van der Waals surface area contributed by atoms with E-state index in [2.05, 4.69) is 0 Å². The standard InChI is InChI=1S/C10H11FN2O/c1-8-3-4-9(7-12)10(14)13(8)6-2-5-11/h3-4H,2,5-6H2,1H3. The minimum absolute atomic E-state index is 0.106. The number of nitrogens with zero attached hydrogens (tertiary/aromatic N) is 2. The molecule has 0 aliphatic rings. The summed E-state index contributed by atoms with van der Waals surface area (Å²) in [6.45, 7) is 1.64. The Morgan fingerprint density at radius 2 is 2.29 bits per heavy atom. The number of pyridine rings is 1. The molecule has 0 fully saturated rings. The van der Waals surface area contributed by atoms with E-state index in [0.29, 0.717) is 13.0 Å². The van der Waals surface area contributed by atoms with Crippen molar-refractivity contribution in [3.05, 3.63) is 33.7 Å². The van der Waals surface area contributed by atoms with Crippen molar-refractivity contribution in [1.29, 1.82) is 5.26 Å². The fraction of sp³-hybridized carbons (Fsp3) is 0.400. The first-order chi connectivity index (χ1) is 6.70. The zero-order valence-corrected chi connectivity index (χ0v) is 7.96. The molecule has 74 valence electrons. The average Bonchev–Trinajstić information content (AvgIpc) is 2.18. The molecule has 0 bridgehead atoms. The van der Waals surface area contributed by atoms with Gasteiger partial charge in [-0.2, -0.15) is 5.26 Å². The van der Waals surface area contributed by atoms with Gasteiger partial charge in [-0.25, -0.2) is 0 Å². The maximum Gasteiger partial charge on any atom is 0.268 e. The van der Waals surface area contributed by atoms with E-state index in [1.807, 2.05) is 6.07 Å². The molecule has 1 aromatic heterocycles. The average molecular weight is 194 g/mol. The van der Waals surface area contributed by atoms with E-state index in [1.165, 1.54) is 10.6 Å². The Morgan fingerprint density at radius 3 is 2.86 bits per heavy atom. The highest BCUT2D eigenvalue weighted by molar-refractivity contribution is 5.27. The van der Waals surface area contributed by atoms with E-state index >= 15 is 0 Å². The number of aromatic nitrogens is 1. The molecule has 0 N–H and O–H groups in total. The van der Waals surface area contributed by atoms with Crippen LogP contribution in [0.2, 0.25) is 0 Å². The molecular formula is C10H11FN2O. The Morgan fingerprint density at radius 1 is 1.57 bits per heavy atom. The molecule has 1 rings (SSSR count). The summed E-state index contributed by atoms with van der Waals surface area (Å²) in [5.41, 5.74) is 0.526. The minimum Gasteiger partial charge on any atom is -0.312 e. The Kier molecular flexibility index (Phi) is 3.41. The Hall–Kier alpha value is -1.63. The number of alkyl halides is 1. The Bertz CT molecular complexity index is 417. The van der Waals surface area contributed by atoms with Gasteiger partial charge in [-0.15, -0.1) is 0 Å². The third-order valence-corrected chi connectivity index (χ3v) is 2.03. The Balaban J connectivity index is 3.14. The fourth-order valence-electron chi connectivity index (χ4n) is 1.25. The van der Waals surface area contributed by atoms with E-state index in [1.54, 1.807) is 13.0 Å². The van der Waals surface area contributed by atoms with Crippen LogP contribution < -0.4 is 5.56 Å². The van der Waals surface area contributed by atoms with E-state index in [0.717, 1.165) is 5.69 Å². The summed E-state index contributed by atoms with van der Waals surface area (Å²) in [5, 5.41) is 8.62. The summed E-state index contributed by atoms with van der Waals surface area (Å²) in [7, 11) is 0. The highest BCUT2D eigenvalue weighted by Crippen LogP contribution is 1.99. The minimum atomic E-state index is -0.456. The number of hydrogen-bond donors (Lipinski definition) is 0. The monoisotopic (exact) mass is 194 g/mol. The zero-order valence-electron chi connectivity index (χ0n) is 7.96. The van der Waals surface area contributed by atoms with Crippen LogP contribution in [-0.4, -0.2) is 11.2 Å². The molecule has 0 aliphatic carbocycles. The quantitative estimate of drug-likeness (QED) is 0.729. The molecule has 1 heterocycles. The highest BCUT2D eigenvalue weighted by Gasteiger charge is 2.04. The molecule has 3 nitrogen and oxygen atoms in total. The van der Waals surface area contributed by atoms with Crippen LogP contribution in [-0.2, 0) is 6.54 Å². The summed E-state index contributed by atoms with van der Waals surface area (Å²) in [6, 6.07) is 4.99. The third kappa shape index (κ3) is 1.99. The maximum absolute atomic E-state index is 11.9. The summed E-state index contributed by atoms with van der Waals surface area (Å²) in [5.74, 6) is 0. The summed E-state index contributed by atoms with van der Waals surface area (Å²) < 4.78 is 13.4. The van der Waals surface area contributed by atoms with Crippen molar-refractivity contribution in [2.24, 2.45) is 0 Å². The lowest BCUT2D eigenvalue weighted by atomic mass is 10.2. The van der Waals surface area contributed by atoms with Crippen molar-refractivity contribution in [3.8, 4) is 6.07 Å². The second-order valence-electron chi connectivity index (χ2n) is 3.00. The molecule has 0 unspecified atom stereocenters. The third-order valence-electron chi connectivity index (χ3n) is 2.03. The molecule has 0 atom stereocenters. The van der Waals surface area contributed by atoms with E-state index < -0.39 is 6.67 Å². The maximum atomic E-state index is 11.9. The van der Waals surface area contributed by atoms with Gasteiger partial charge >= 0.3 is 0 Å². The van der Waals surface area contributed by atoms with Gasteiger partial charge in [-0.05, 0) is 25.5 Å². The van der Waals surface area contributed by atoms with Gasteiger partial charge in [0.2, 0.25) is 0 Å². The van der Waals surface area contributed by atoms with Crippen LogP contribution in [0.25, 0.3) is 0 Å². The van der Waals surface area contributed by atoms with Gasteiger partial charge in [0.05, 0.1) is 6.67 Å². The first-order valence-electron chi connectivity index (χ1n) is 4.37. The van der Waals surface area contributed by atoms with E-state index in [-0.39, 0.29) is 11.1 Å².